The van der Waals surface area contributed by atoms with E-state index >= 15 is 0 Å². The van der Waals surface area contributed by atoms with E-state index in [1.165, 1.54) is 0 Å². The van der Waals surface area contributed by atoms with E-state index < -0.39 is 0 Å². The van der Waals surface area contributed by atoms with Gasteiger partial charge in [0, 0.05) is 105 Å². The summed E-state index contributed by atoms with van der Waals surface area (Å²) in [6.07, 6.45) is 0. The molecule has 0 amide bonds. The lowest BCUT2D eigenvalue weighted by atomic mass is 10.3. The van der Waals surface area contributed by atoms with Crippen molar-refractivity contribution >= 4 is 99.3 Å². The van der Waals surface area contributed by atoms with Crippen LogP contribution in [0.2, 0.25) is 0 Å². The molecule has 0 atom stereocenters. The van der Waals surface area contributed by atoms with Crippen LogP contribution in [0.5, 0.6) is 0 Å². The minimum absolute atomic E-state index is 0. The van der Waals surface area contributed by atoms with Crippen LogP contribution in [0.4, 0.5) is 0 Å². The summed E-state index contributed by atoms with van der Waals surface area (Å²) in [5.41, 5.74) is 22.7. The molecular weight excluding hydrogens is 588 g/mol. The Balaban J connectivity index is -0.000000120. The van der Waals surface area contributed by atoms with Gasteiger partial charge in [-0.05, 0) is 0 Å². The van der Waals surface area contributed by atoms with Crippen molar-refractivity contribution < 1.29 is 0 Å². The molecule has 208 valence electrons. The Bertz CT molecular complexity index is 269. The Hall–Kier alpha value is 2.00. The summed E-state index contributed by atoms with van der Waals surface area (Å²) >= 11 is 0. The topological polar surface area (TPSA) is 117 Å². The molecule has 0 bridgehead atoms. The zero-order valence-electron chi connectivity index (χ0n) is 18.7. The van der Waals surface area contributed by atoms with Crippen LogP contribution in [0.3, 0.4) is 0 Å². The number of piperazine rings is 1. The zero-order chi connectivity index (χ0) is 17.6. The molecule has 1 heterocycles. The Morgan fingerprint density at radius 3 is 0.812 bits per heavy atom. The van der Waals surface area contributed by atoms with Gasteiger partial charge in [-0.3, -0.25) is 19.6 Å². The molecule has 1 rings (SSSR count). The van der Waals surface area contributed by atoms with Crippen molar-refractivity contribution in [2.75, 3.05) is 105 Å². The highest BCUT2D eigenvalue weighted by atomic mass is 35.5. The van der Waals surface area contributed by atoms with Crippen LogP contribution >= 0.6 is 99.3 Å². The molecular formula is C16H48Cl8N8. The lowest BCUT2D eigenvalue weighted by Gasteiger charge is -2.36. The lowest BCUT2D eigenvalue weighted by Crippen LogP contribution is -2.50. The molecule has 32 heavy (non-hydrogen) atoms. The second-order valence-electron chi connectivity index (χ2n) is 6.52. The number of nitrogens with zero attached hydrogens (tertiary/aromatic N) is 4. The minimum Gasteiger partial charge on any atom is -0.329 e. The Kier molecular flexibility index (Phi) is 64.3. The van der Waals surface area contributed by atoms with Crippen molar-refractivity contribution in [3.05, 3.63) is 0 Å². The molecule has 8 nitrogen and oxygen atoms in total. The molecule has 0 aromatic heterocycles. The van der Waals surface area contributed by atoms with E-state index in [-0.39, 0.29) is 99.3 Å². The van der Waals surface area contributed by atoms with Crippen molar-refractivity contribution in [3.63, 3.8) is 0 Å². The first kappa shape index (κ1) is 54.8. The van der Waals surface area contributed by atoms with E-state index in [2.05, 4.69) is 19.6 Å². The van der Waals surface area contributed by atoms with Gasteiger partial charge >= 0.3 is 0 Å². The maximum absolute atomic E-state index is 5.66. The molecule has 1 aliphatic heterocycles. The molecule has 1 aliphatic rings. The van der Waals surface area contributed by atoms with Gasteiger partial charge in [0.1, 0.15) is 0 Å². The highest BCUT2D eigenvalue weighted by Gasteiger charge is 2.17. The molecule has 0 aromatic carbocycles. The number of halogens is 8. The third kappa shape index (κ3) is 26.6. The van der Waals surface area contributed by atoms with E-state index in [1.54, 1.807) is 0 Å². The minimum atomic E-state index is 0. The van der Waals surface area contributed by atoms with Crippen molar-refractivity contribution in [2.45, 2.75) is 0 Å². The van der Waals surface area contributed by atoms with Crippen LogP contribution in [0, 0.1) is 0 Å². The summed E-state index contributed by atoms with van der Waals surface area (Å²) in [6.45, 7) is 15.5. The van der Waals surface area contributed by atoms with Gasteiger partial charge in [0.25, 0.3) is 0 Å². The largest absolute Gasteiger partial charge is 0.329 e. The number of rotatable bonds is 14. The first-order valence-corrected chi connectivity index (χ1v) is 9.43. The Morgan fingerprint density at radius 2 is 0.625 bits per heavy atom. The SMILES string of the molecule is Cl.Cl.Cl.Cl.Cl.Cl.Cl.Cl.NCCN(CCN)CCN1CCN(CCN(CCN)CCN)CC1. The van der Waals surface area contributed by atoms with Crippen LogP contribution in [-0.4, -0.2) is 124 Å². The van der Waals surface area contributed by atoms with Crippen molar-refractivity contribution in [3.8, 4) is 0 Å². The highest BCUT2D eigenvalue weighted by molar-refractivity contribution is 5.86. The van der Waals surface area contributed by atoms with Gasteiger partial charge in [0.05, 0.1) is 0 Å². The van der Waals surface area contributed by atoms with Gasteiger partial charge in [-0.2, -0.15) is 0 Å². The second kappa shape index (κ2) is 37.5. The smallest absolute Gasteiger partial charge is 0.0110 e. The predicted molar refractivity (Wildman–Crippen MR) is 160 cm³/mol. The first-order chi connectivity index (χ1) is 11.7. The van der Waals surface area contributed by atoms with E-state index in [0.29, 0.717) is 26.2 Å². The number of nitrogens with two attached hydrogens (primary N) is 4. The molecule has 1 saturated heterocycles. The fourth-order valence-corrected chi connectivity index (χ4v) is 3.20. The van der Waals surface area contributed by atoms with Gasteiger partial charge < -0.3 is 22.9 Å². The maximum Gasteiger partial charge on any atom is 0.0110 e. The molecule has 0 radical (unpaired) electrons. The third-order valence-electron chi connectivity index (χ3n) is 4.71. The molecule has 8 N–H and O–H groups in total. The number of hydrogen-bond donors (Lipinski definition) is 4. The quantitative estimate of drug-likeness (QED) is 0.217. The molecule has 0 aliphatic carbocycles. The van der Waals surface area contributed by atoms with Crippen LogP contribution in [0.25, 0.3) is 0 Å². The summed E-state index contributed by atoms with van der Waals surface area (Å²) in [5, 5.41) is 0. The van der Waals surface area contributed by atoms with Crippen molar-refractivity contribution in [2.24, 2.45) is 22.9 Å². The average Bonchev–Trinajstić information content (AvgIpc) is 2.59. The zero-order valence-corrected chi connectivity index (χ0v) is 25.2. The third-order valence-corrected chi connectivity index (χ3v) is 4.71. The van der Waals surface area contributed by atoms with Gasteiger partial charge in [-0.1, -0.05) is 0 Å². The average molecular weight is 636 g/mol. The first-order valence-electron chi connectivity index (χ1n) is 9.43. The van der Waals surface area contributed by atoms with E-state index in [9.17, 15) is 0 Å². The summed E-state index contributed by atoms with van der Waals surface area (Å²) in [4.78, 5) is 9.83. The van der Waals surface area contributed by atoms with E-state index in [0.717, 1.165) is 78.5 Å². The molecule has 0 unspecified atom stereocenters. The molecule has 16 heteroatoms. The summed E-state index contributed by atoms with van der Waals surface area (Å²) in [7, 11) is 0. The van der Waals surface area contributed by atoms with Gasteiger partial charge in [-0.25, -0.2) is 0 Å². The number of hydrogen-bond acceptors (Lipinski definition) is 8. The van der Waals surface area contributed by atoms with E-state index in [4.69, 9.17) is 22.9 Å². The summed E-state index contributed by atoms with van der Waals surface area (Å²) in [5.74, 6) is 0. The second-order valence-corrected chi connectivity index (χ2v) is 6.52. The molecule has 1 fully saturated rings. The highest BCUT2D eigenvalue weighted by Crippen LogP contribution is 2.02. The molecule has 0 spiro atoms. The van der Waals surface area contributed by atoms with Crippen molar-refractivity contribution in [1.29, 1.82) is 0 Å². The lowest BCUT2D eigenvalue weighted by molar-refractivity contribution is 0.109. The predicted octanol–water partition coefficient (Wildman–Crippen LogP) is 0.417. The van der Waals surface area contributed by atoms with Gasteiger partial charge in [0.15, 0.2) is 0 Å². The molecule has 0 aromatic rings. The van der Waals surface area contributed by atoms with Crippen LogP contribution in [0.1, 0.15) is 0 Å². The van der Waals surface area contributed by atoms with Crippen LogP contribution in [0.15, 0.2) is 0 Å². The van der Waals surface area contributed by atoms with E-state index in [1.807, 2.05) is 0 Å². The van der Waals surface area contributed by atoms with Crippen LogP contribution < -0.4 is 22.9 Å². The van der Waals surface area contributed by atoms with Gasteiger partial charge in [-0.15, -0.1) is 99.3 Å². The Labute approximate surface area is 245 Å². The standard InChI is InChI=1S/C16H40N8.8ClH/c17-1-5-21(6-2-18)9-11-23-13-15-24(16-14-23)12-10-22(7-3-19)8-4-20;;;;;;;;/h1-20H2;8*1H. The fourth-order valence-electron chi connectivity index (χ4n) is 3.20. The van der Waals surface area contributed by atoms with Crippen LogP contribution in [-0.2, 0) is 0 Å². The Morgan fingerprint density at radius 1 is 0.406 bits per heavy atom. The monoisotopic (exact) mass is 632 g/mol. The fraction of sp³-hybridized carbons (Fsp3) is 1.00. The maximum atomic E-state index is 5.66. The van der Waals surface area contributed by atoms with Gasteiger partial charge in [0.2, 0.25) is 0 Å². The van der Waals surface area contributed by atoms with Crippen molar-refractivity contribution in [1.82, 2.24) is 19.6 Å². The summed E-state index contributed by atoms with van der Waals surface area (Å²) in [6, 6.07) is 0. The summed E-state index contributed by atoms with van der Waals surface area (Å²) < 4.78 is 0. The normalized spacial score (nSPS) is 12.9. The molecule has 0 saturated carbocycles.